The first-order valence-corrected chi connectivity index (χ1v) is 8.64. The lowest BCUT2D eigenvalue weighted by Gasteiger charge is -2.36. The van der Waals surface area contributed by atoms with E-state index in [0.29, 0.717) is 18.7 Å². The minimum atomic E-state index is -0.407. The van der Waals surface area contributed by atoms with Crippen LogP contribution in [0.3, 0.4) is 0 Å². The van der Waals surface area contributed by atoms with Gasteiger partial charge in [0.05, 0.1) is 11.8 Å². The van der Waals surface area contributed by atoms with Gasteiger partial charge in [0, 0.05) is 36.8 Å². The van der Waals surface area contributed by atoms with Gasteiger partial charge in [-0.05, 0) is 25.5 Å². The Bertz CT molecular complexity index is 931. The molecule has 130 valence electrons. The molecule has 3 aromatic rings. The summed E-state index contributed by atoms with van der Waals surface area (Å²) < 4.78 is 1.45. The molecule has 0 unspecified atom stereocenters. The highest BCUT2D eigenvalue weighted by Gasteiger charge is 2.29. The van der Waals surface area contributed by atoms with Gasteiger partial charge >= 0.3 is 0 Å². The highest BCUT2D eigenvalue weighted by molar-refractivity contribution is 5.39. The van der Waals surface area contributed by atoms with Crippen LogP contribution in [0.5, 0.6) is 0 Å². The second-order valence-corrected chi connectivity index (χ2v) is 6.83. The van der Waals surface area contributed by atoms with Crippen LogP contribution in [0.15, 0.2) is 47.3 Å². The maximum absolute atomic E-state index is 12.2. The largest absolute Gasteiger partial charge is 0.391 e. The number of aliphatic hydroxyl groups excluding tert-OH is 1. The molecule has 2 N–H and O–H groups in total. The molecule has 0 bridgehead atoms. The number of hydrogen-bond acceptors (Lipinski definition) is 4. The Labute approximate surface area is 145 Å². The molecule has 1 saturated heterocycles. The van der Waals surface area contributed by atoms with E-state index >= 15 is 0 Å². The number of aryl methyl sites for hydroxylation is 1. The van der Waals surface area contributed by atoms with Gasteiger partial charge in [-0.2, -0.15) is 0 Å². The smallest absolute Gasteiger partial charge is 0.272 e. The lowest BCUT2D eigenvalue weighted by Crippen LogP contribution is -2.42. The highest BCUT2D eigenvalue weighted by atomic mass is 16.3. The van der Waals surface area contributed by atoms with Gasteiger partial charge in [-0.15, -0.1) is 0 Å². The van der Waals surface area contributed by atoms with Crippen LogP contribution in [0, 0.1) is 6.92 Å². The number of fused-ring (bicyclic) bond motifs is 1. The van der Waals surface area contributed by atoms with Crippen molar-refractivity contribution in [3.05, 3.63) is 69.8 Å². The summed E-state index contributed by atoms with van der Waals surface area (Å²) in [5, 5.41) is 13.5. The predicted octanol–water partition coefficient (Wildman–Crippen LogP) is 1.68. The van der Waals surface area contributed by atoms with E-state index in [1.807, 2.05) is 31.2 Å². The number of aliphatic hydroxyl groups is 1. The normalized spacial score (nSPS) is 21.7. The van der Waals surface area contributed by atoms with E-state index in [4.69, 9.17) is 0 Å². The van der Waals surface area contributed by atoms with Gasteiger partial charge in [0.1, 0.15) is 0 Å². The molecule has 0 saturated carbocycles. The summed E-state index contributed by atoms with van der Waals surface area (Å²) in [4.78, 5) is 18.9. The molecule has 25 heavy (non-hydrogen) atoms. The van der Waals surface area contributed by atoms with Crippen molar-refractivity contribution >= 4 is 5.65 Å². The second-order valence-electron chi connectivity index (χ2n) is 6.83. The van der Waals surface area contributed by atoms with Crippen molar-refractivity contribution in [3.63, 3.8) is 0 Å². The van der Waals surface area contributed by atoms with Gasteiger partial charge in [-0.1, -0.05) is 30.3 Å². The van der Waals surface area contributed by atoms with E-state index in [0.717, 1.165) is 24.4 Å². The fraction of sp³-hybridized carbons (Fsp3) is 0.368. The number of piperidine rings is 1. The van der Waals surface area contributed by atoms with Gasteiger partial charge in [-0.3, -0.25) is 14.8 Å². The number of aromatic nitrogens is 3. The Morgan fingerprint density at radius 2 is 2.08 bits per heavy atom. The number of hydrogen-bond donors (Lipinski definition) is 2. The Morgan fingerprint density at radius 3 is 2.84 bits per heavy atom. The Kier molecular flexibility index (Phi) is 4.15. The lowest BCUT2D eigenvalue weighted by molar-refractivity contribution is 0.0471. The minimum absolute atomic E-state index is 0.104. The van der Waals surface area contributed by atoms with Crippen LogP contribution in [0.1, 0.15) is 29.3 Å². The summed E-state index contributed by atoms with van der Waals surface area (Å²) >= 11 is 0. The molecule has 0 spiro atoms. The monoisotopic (exact) mass is 338 g/mol. The van der Waals surface area contributed by atoms with Gasteiger partial charge in [0.15, 0.2) is 5.65 Å². The van der Waals surface area contributed by atoms with Crippen molar-refractivity contribution in [1.82, 2.24) is 19.5 Å². The summed E-state index contributed by atoms with van der Waals surface area (Å²) in [7, 11) is 0. The lowest BCUT2D eigenvalue weighted by atomic mass is 9.87. The molecular weight excluding hydrogens is 316 g/mol. The van der Waals surface area contributed by atoms with Crippen LogP contribution >= 0.6 is 0 Å². The standard InChI is InChI=1S/C19H22N4O2/c1-13-9-18-20-15(10-19(25)23(18)21-13)11-22-8-7-16(17(24)12-22)14-5-3-2-4-6-14/h2-6,9-10,16-17,21,24H,7-8,11-12H2,1H3/t16-,17+/m0/s1. The maximum atomic E-state index is 12.2. The van der Waals surface area contributed by atoms with Crippen molar-refractivity contribution < 1.29 is 5.11 Å². The van der Waals surface area contributed by atoms with Gasteiger partial charge in [0.25, 0.3) is 5.56 Å². The van der Waals surface area contributed by atoms with Crippen LogP contribution < -0.4 is 5.56 Å². The molecule has 3 heterocycles. The minimum Gasteiger partial charge on any atom is -0.391 e. The molecule has 2 atom stereocenters. The number of benzene rings is 1. The number of likely N-dealkylation sites (tertiary alicyclic amines) is 1. The molecule has 1 aliphatic heterocycles. The fourth-order valence-electron chi connectivity index (χ4n) is 3.70. The number of H-pyrrole nitrogens is 1. The van der Waals surface area contributed by atoms with Gasteiger partial charge < -0.3 is 5.11 Å². The van der Waals surface area contributed by atoms with E-state index in [9.17, 15) is 9.90 Å². The molecule has 1 aliphatic rings. The van der Waals surface area contributed by atoms with E-state index in [-0.39, 0.29) is 11.5 Å². The zero-order valence-corrected chi connectivity index (χ0v) is 14.2. The summed E-state index contributed by atoms with van der Waals surface area (Å²) in [5.41, 5.74) is 3.37. The van der Waals surface area contributed by atoms with Crippen LogP contribution in [0.4, 0.5) is 0 Å². The van der Waals surface area contributed by atoms with Gasteiger partial charge in [0.2, 0.25) is 0 Å². The molecular formula is C19H22N4O2. The third kappa shape index (κ3) is 3.23. The summed E-state index contributed by atoms with van der Waals surface area (Å²) in [6, 6.07) is 13.6. The summed E-state index contributed by atoms with van der Waals surface area (Å²) in [5.74, 6) is 0.172. The first kappa shape index (κ1) is 16.1. The SMILES string of the molecule is Cc1cc2nc(CN3CC[C@@H](c4ccccc4)[C@H](O)C3)cc(=O)n2[nH]1. The van der Waals surface area contributed by atoms with E-state index in [1.54, 1.807) is 6.07 Å². The summed E-state index contributed by atoms with van der Waals surface area (Å²) in [6.07, 6.45) is 0.492. The van der Waals surface area contributed by atoms with Crippen molar-refractivity contribution in [1.29, 1.82) is 0 Å². The molecule has 0 amide bonds. The molecule has 4 rings (SSSR count). The fourth-order valence-corrected chi connectivity index (χ4v) is 3.70. The van der Waals surface area contributed by atoms with Crippen LogP contribution in [0.25, 0.3) is 5.65 Å². The van der Waals surface area contributed by atoms with E-state index in [1.165, 1.54) is 10.1 Å². The Morgan fingerprint density at radius 1 is 1.28 bits per heavy atom. The number of β-amino-alcohol motifs (C(OH)–C–C–N with tert-alkyl or cyclic N) is 1. The molecule has 2 aromatic heterocycles. The third-order valence-electron chi connectivity index (χ3n) is 4.91. The quantitative estimate of drug-likeness (QED) is 0.762. The molecule has 1 fully saturated rings. The Hall–Kier alpha value is -2.44. The number of nitrogens with one attached hydrogen (secondary N) is 1. The second kappa shape index (κ2) is 6.46. The molecule has 6 nitrogen and oxygen atoms in total. The van der Waals surface area contributed by atoms with Crippen molar-refractivity contribution in [3.8, 4) is 0 Å². The molecule has 6 heteroatoms. The van der Waals surface area contributed by atoms with Crippen molar-refractivity contribution in [2.45, 2.75) is 31.9 Å². The van der Waals surface area contributed by atoms with Gasteiger partial charge in [-0.25, -0.2) is 9.50 Å². The topological polar surface area (TPSA) is 73.6 Å². The maximum Gasteiger partial charge on any atom is 0.272 e. The first-order chi connectivity index (χ1) is 12.1. The zero-order valence-electron chi connectivity index (χ0n) is 14.2. The van der Waals surface area contributed by atoms with Crippen LogP contribution in [-0.2, 0) is 6.54 Å². The van der Waals surface area contributed by atoms with Crippen molar-refractivity contribution in [2.24, 2.45) is 0 Å². The van der Waals surface area contributed by atoms with E-state index in [2.05, 4.69) is 27.1 Å². The number of rotatable bonds is 3. The van der Waals surface area contributed by atoms with Crippen LogP contribution in [0.2, 0.25) is 0 Å². The predicted molar refractivity (Wildman–Crippen MR) is 95.6 cm³/mol. The van der Waals surface area contributed by atoms with Crippen LogP contribution in [-0.4, -0.2) is 43.8 Å². The van der Waals surface area contributed by atoms with E-state index < -0.39 is 6.10 Å². The summed E-state index contributed by atoms with van der Waals surface area (Å²) in [6.45, 7) is 3.95. The molecule has 0 radical (unpaired) electrons. The first-order valence-electron chi connectivity index (χ1n) is 8.64. The highest BCUT2D eigenvalue weighted by Crippen LogP contribution is 2.28. The average molecular weight is 338 g/mol. The molecule has 1 aromatic carbocycles. The average Bonchev–Trinajstić information content (AvgIpc) is 2.97. The third-order valence-corrected chi connectivity index (χ3v) is 4.91. The zero-order chi connectivity index (χ0) is 17.4. The number of aromatic amines is 1. The molecule has 0 aliphatic carbocycles. The van der Waals surface area contributed by atoms with Crippen molar-refractivity contribution in [2.75, 3.05) is 13.1 Å². The number of nitrogens with zero attached hydrogens (tertiary/aromatic N) is 3. The Balaban J connectivity index is 1.49.